The van der Waals surface area contributed by atoms with Crippen molar-refractivity contribution in [2.24, 2.45) is 0 Å². The molecule has 0 amide bonds. The monoisotopic (exact) mass is 342 g/mol. The first kappa shape index (κ1) is 26.6. The first-order valence-corrected chi connectivity index (χ1v) is 7.42. The smallest absolute Gasteiger partial charge is 0.0991 e. The van der Waals surface area contributed by atoms with Gasteiger partial charge in [-0.3, -0.25) is 0 Å². The molecule has 0 radical (unpaired) electrons. The first-order chi connectivity index (χ1) is 11.0. The average molecular weight is 342 g/mol. The highest BCUT2D eigenvalue weighted by atomic mass is 16.4. The van der Waals surface area contributed by atoms with Gasteiger partial charge in [-0.15, -0.1) is 0 Å². The van der Waals surface area contributed by atoms with Gasteiger partial charge in [-0.25, -0.2) is 0 Å². The van der Waals surface area contributed by atoms with Gasteiger partial charge in [-0.05, 0) is 19.3 Å². The van der Waals surface area contributed by atoms with Crippen LogP contribution in [0.1, 0.15) is 19.3 Å². The molecule has 0 atom stereocenters. The second kappa shape index (κ2) is 25.6. The normalized spacial score (nSPS) is 9.22. The minimum Gasteiger partial charge on any atom is -0.550 e. The lowest BCUT2D eigenvalue weighted by molar-refractivity contribution is -0.657. The van der Waals surface area contributed by atoms with Gasteiger partial charge < -0.3 is 50.9 Å². The number of carbonyl (C=O) groups excluding carboxylic acids is 2. The Hall–Kier alpha value is -1.30. The molecule has 8 N–H and O–H groups in total. The summed E-state index contributed by atoms with van der Waals surface area (Å²) in [6.07, 6.45) is -0.341. The average Bonchev–Trinajstić information content (AvgIpc) is 2.49. The van der Waals surface area contributed by atoms with E-state index in [0.29, 0.717) is 26.2 Å². The molecule has 0 heterocycles. The van der Waals surface area contributed by atoms with E-state index in [0.717, 1.165) is 0 Å². The van der Waals surface area contributed by atoms with Gasteiger partial charge in [-0.2, -0.15) is 0 Å². The minimum atomic E-state index is -1.23. The second-order valence-corrected chi connectivity index (χ2v) is 4.22. The Bertz CT molecular complexity index is 222. The second-order valence-electron chi connectivity index (χ2n) is 4.22. The van der Waals surface area contributed by atoms with Crippen molar-refractivity contribution >= 4 is 11.9 Å². The highest BCUT2D eigenvalue weighted by molar-refractivity contribution is 5.67. The van der Waals surface area contributed by atoms with Crippen LogP contribution < -0.4 is 20.8 Å². The highest BCUT2D eigenvalue weighted by Crippen LogP contribution is 1.90. The van der Waals surface area contributed by atoms with Crippen molar-refractivity contribution in [2.45, 2.75) is 19.3 Å². The number of hydrogen-bond donors (Lipinski definition) is 6. The maximum atomic E-state index is 9.66. The van der Waals surface area contributed by atoms with Crippen molar-refractivity contribution in [1.29, 1.82) is 0 Å². The number of carbonyl (C=O) groups is 2. The molecule has 0 aromatic heterocycles. The van der Waals surface area contributed by atoms with Crippen molar-refractivity contribution in [3.05, 3.63) is 0 Å². The number of nitrogens with two attached hydrogens (primary N) is 2. The van der Waals surface area contributed by atoms with Gasteiger partial charge in [0.05, 0.1) is 52.6 Å². The third kappa shape index (κ3) is 44.9. The number of carboxylic acids is 2. The molecule has 0 aliphatic carbocycles. The molecule has 0 unspecified atom stereocenters. The summed E-state index contributed by atoms with van der Waals surface area (Å²) in [6.45, 7) is 3.56. The van der Waals surface area contributed by atoms with E-state index in [-0.39, 0.29) is 45.7 Å². The Labute approximate surface area is 135 Å². The zero-order valence-electron chi connectivity index (χ0n) is 13.4. The van der Waals surface area contributed by atoms with E-state index in [1.165, 1.54) is 0 Å². The minimum absolute atomic E-state index is 0.0880. The standard InChI is InChI=1S/C5H8O4.2C4H11NO2/c6-4(7)2-1-3-5(8)9;2*6-3-1-5-2-4-7/h1-3H2,(H,6,7)(H,8,9);2*5-7H,1-4H2. The summed E-state index contributed by atoms with van der Waals surface area (Å²) in [5.41, 5.74) is 0. The predicted octanol–water partition coefficient (Wildman–Crippen LogP) is -7.27. The molecule has 140 valence electrons. The van der Waals surface area contributed by atoms with Gasteiger partial charge in [0.25, 0.3) is 0 Å². The molecule has 0 aromatic carbocycles. The van der Waals surface area contributed by atoms with E-state index in [1.807, 2.05) is 10.6 Å². The Kier molecular flexibility index (Phi) is 29.6. The van der Waals surface area contributed by atoms with Crippen LogP contribution in [0.2, 0.25) is 0 Å². The molecule has 23 heavy (non-hydrogen) atoms. The van der Waals surface area contributed by atoms with Crippen LogP contribution in [0.15, 0.2) is 0 Å². The van der Waals surface area contributed by atoms with Crippen LogP contribution in [0.5, 0.6) is 0 Å². The summed E-state index contributed by atoms with van der Waals surface area (Å²) < 4.78 is 0. The third-order valence-electron chi connectivity index (χ3n) is 2.09. The SMILES string of the molecule is O=C([O-])CCCC(=O)[O-].OCC[NH2+]CCO.OCC[NH2+]CCO. The summed E-state index contributed by atoms with van der Waals surface area (Å²) in [5.74, 6) is -2.45. The Balaban J connectivity index is -0.000000264. The predicted molar refractivity (Wildman–Crippen MR) is 75.5 cm³/mol. The summed E-state index contributed by atoms with van der Waals surface area (Å²) >= 11 is 0. The molecule has 0 bridgehead atoms. The van der Waals surface area contributed by atoms with E-state index in [1.54, 1.807) is 0 Å². The molecule has 0 aliphatic heterocycles. The van der Waals surface area contributed by atoms with E-state index in [2.05, 4.69) is 0 Å². The van der Waals surface area contributed by atoms with Gasteiger partial charge in [-0.1, -0.05) is 0 Å². The molecule has 0 aliphatic rings. The molecular weight excluding hydrogens is 312 g/mol. The molecule has 0 spiro atoms. The molecular formula is C13H30N2O8. The van der Waals surface area contributed by atoms with E-state index in [4.69, 9.17) is 20.4 Å². The number of aliphatic hydroxyl groups excluding tert-OH is 4. The molecule has 10 heteroatoms. The van der Waals surface area contributed by atoms with Crippen LogP contribution in [0.25, 0.3) is 0 Å². The lowest BCUT2D eigenvalue weighted by Gasteiger charge is -2.01. The number of quaternary nitrogens is 2. The summed E-state index contributed by atoms with van der Waals surface area (Å²) in [6, 6.07) is 0. The summed E-state index contributed by atoms with van der Waals surface area (Å²) in [7, 11) is 0. The van der Waals surface area contributed by atoms with Crippen molar-refractivity contribution in [2.75, 3.05) is 52.6 Å². The van der Waals surface area contributed by atoms with Gasteiger partial charge in [0.2, 0.25) is 0 Å². The maximum Gasteiger partial charge on any atom is 0.0991 e. The van der Waals surface area contributed by atoms with Gasteiger partial charge in [0.1, 0.15) is 0 Å². The lowest BCUT2D eigenvalue weighted by atomic mass is 10.2. The van der Waals surface area contributed by atoms with E-state index < -0.39 is 11.9 Å². The molecule has 10 nitrogen and oxygen atoms in total. The van der Waals surface area contributed by atoms with Crippen molar-refractivity contribution < 1.29 is 50.9 Å². The topological polar surface area (TPSA) is 194 Å². The molecule has 0 aromatic rings. The summed E-state index contributed by atoms with van der Waals surface area (Å²) in [5, 5.41) is 55.8. The third-order valence-corrected chi connectivity index (χ3v) is 2.09. The van der Waals surface area contributed by atoms with Crippen molar-refractivity contribution in [3.63, 3.8) is 0 Å². The number of aliphatic carboxylic acids is 2. The van der Waals surface area contributed by atoms with Crippen LogP contribution in [-0.4, -0.2) is 85.0 Å². The quantitative estimate of drug-likeness (QED) is 0.188. The van der Waals surface area contributed by atoms with Crippen LogP contribution in [0.4, 0.5) is 0 Å². The van der Waals surface area contributed by atoms with Crippen LogP contribution >= 0.6 is 0 Å². The van der Waals surface area contributed by atoms with E-state index >= 15 is 0 Å². The number of aliphatic hydroxyl groups is 4. The van der Waals surface area contributed by atoms with Gasteiger partial charge in [0, 0.05) is 11.9 Å². The lowest BCUT2D eigenvalue weighted by Crippen LogP contribution is -2.85. The maximum absolute atomic E-state index is 9.66. The van der Waals surface area contributed by atoms with Crippen LogP contribution in [0, 0.1) is 0 Å². The number of rotatable bonds is 12. The first-order valence-electron chi connectivity index (χ1n) is 7.42. The van der Waals surface area contributed by atoms with Crippen LogP contribution in [0.3, 0.4) is 0 Å². The fraction of sp³-hybridized carbons (Fsp3) is 0.846. The molecule has 0 rings (SSSR count). The Morgan fingerprint density at radius 3 is 1.09 bits per heavy atom. The highest BCUT2D eigenvalue weighted by Gasteiger charge is 1.87. The Morgan fingerprint density at radius 2 is 0.913 bits per heavy atom. The molecule has 0 saturated heterocycles. The summed E-state index contributed by atoms with van der Waals surface area (Å²) in [4.78, 5) is 19.3. The number of carboxylic acid groups (broad SMARTS) is 2. The van der Waals surface area contributed by atoms with Gasteiger partial charge >= 0.3 is 0 Å². The van der Waals surface area contributed by atoms with E-state index in [9.17, 15) is 19.8 Å². The fourth-order valence-corrected chi connectivity index (χ4v) is 1.03. The zero-order chi connectivity index (χ0) is 18.3. The Morgan fingerprint density at radius 1 is 0.652 bits per heavy atom. The van der Waals surface area contributed by atoms with Crippen molar-refractivity contribution in [3.8, 4) is 0 Å². The molecule has 0 saturated carbocycles. The zero-order valence-corrected chi connectivity index (χ0v) is 13.4. The van der Waals surface area contributed by atoms with Crippen molar-refractivity contribution in [1.82, 2.24) is 0 Å². The fourth-order valence-electron chi connectivity index (χ4n) is 1.03. The van der Waals surface area contributed by atoms with Crippen LogP contribution in [-0.2, 0) is 9.59 Å². The number of hydrogen-bond acceptors (Lipinski definition) is 8. The van der Waals surface area contributed by atoms with Gasteiger partial charge in [0.15, 0.2) is 0 Å². The molecule has 0 fully saturated rings. The largest absolute Gasteiger partial charge is 0.550 e.